The van der Waals surface area contributed by atoms with Crippen LogP contribution in [-0.2, 0) is 23.3 Å². The summed E-state index contributed by atoms with van der Waals surface area (Å²) in [5.41, 5.74) is 0. The molecular weight excluding hydrogens is 205 g/mol. The minimum atomic E-state index is 0. The third kappa shape index (κ3) is 5.71. The monoisotopic (exact) mass is 224 g/mol. The molecule has 1 radical (unpaired) electrons. The summed E-state index contributed by atoms with van der Waals surface area (Å²) in [4.78, 5) is 2.33. The van der Waals surface area contributed by atoms with Crippen molar-refractivity contribution >= 4 is 0 Å². The molecule has 3 nitrogen and oxygen atoms in total. The third-order valence-electron chi connectivity index (χ3n) is 2.32. The molecule has 1 saturated heterocycles. The Balaban J connectivity index is 0.00000144. The van der Waals surface area contributed by atoms with E-state index in [1.165, 1.54) is 0 Å². The zero-order chi connectivity index (χ0) is 8.81. The van der Waals surface area contributed by atoms with E-state index in [1.807, 2.05) is 0 Å². The Morgan fingerprint density at radius 2 is 2.00 bits per heavy atom. The van der Waals surface area contributed by atoms with E-state index in [2.05, 4.69) is 11.9 Å². The fourth-order valence-electron chi connectivity index (χ4n) is 1.47. The zero-order valence-corrected chi connectivity index (χ0v) is 9.67. The topological polar surface area (TPSA) is 32.7 Å². The summed E-state index contributed by atoms with van der Waals surface area (Å²) in [5.74, 6) is 0. The molecule has 0 aromatic heterocycles. The molecule has 0 amide bonds. The molecule has 1 aliphatic heterocycles. The van der Waals surface area contributed by atoms with E-state index in [4.69, 9.17) is 9.84 Å². The number of likely N-dealkylation sites (tertiary alicyclic amines) is 1. The quantitative estimate of drug-likeness (QED) is 0.705. The molecule has 13 heavy (non-hydrogen) atoms. The minimum Gasteiger partial charge on any atom is -0.396 e. The number of hydrogen-bond donors (Lipinski definition) is 1. The third-order valence-corrected chi connectivity index (χ3v) is 2.32. The summed E-state index contributed by atoms with van der Waals surface area (Å²) < 4.78 is 5.58. The number of aliphatic hydroxyl groups excluding tert-OH is 1. The van der Waals surface area contributed by atoms with Gasteiger partial charge in [0.05, 0.1) is 6.10 Å². The maximum Gasteiger partial charge on any atom is 0.0599 e. The first-order chi connectivity index (χ1) is 5.83. The van der Waals surface area contributed by atoms with Crippen molar-refractivity contribution in [3.8, 4) is 0 Å². The standard InChI is InChI=1S/C9H19NO2.V/c1-10-5-3-9(4-6-10)12-8-2-7-11;/h9,11H,2-8H2,1H3;. The Kier molecular flexibility index (Phi) is 8.11. The molecule has 0 spiro atoms. The molecule has 0 saturated carbocycles. The van der Waals surface area contributed by atoms with Crippen molar-refractivity contribution in [2.45, 2.75) is 25.4 Å². The van der Waals surface area contributed by atoms with Gasteiger partial charge in [0.2, 0.25) is 0 Å². The summed E-state index contributed by atoms with van der Waals surface area (Å²) in [7, 11) is 2.14. The molecule has 0 aromatic rings. The Labute approximate surface area is 92.3 Å². The molecule has 77 valence electrons. The van der Waals surface area contributed by atoms with Gasteiger partial charge in [-0.15, -0.1) is 0 Å². The molecule has 4 heteroatoms. The van der Waals surface area contributed by atoms with Crippen molar-refractivity contribution in [3.05, 3.63) is 0 Å². The molecule has 0 aromatic carbocycles. The van der Waals surface area contributed by atoms with Gasteiger partial charge in [-0.25, -0.2) is 0 Å². The van der Waals surface area contributed by atoms with Crippen molar-refractivity contribution in [3.63, 3.8) is 0 Å². The van der Waals surface area contributed by atoms with Gasteiger partial charge in [-0.2, -0.15) is 0 Å². The average molecular weight is 224 g/mol. The fourth-order valence-corrected chi connectivity index (χ4v) is 1.47. The van der Waals surface area contributed by atoms with Crippen LogP contribution >= 0.6 is 0 Å². The van der Waals surface area contributed by atoms with Crippen molar-refractivity contribution in [1.82, 2.24) is 4.90 Å². The molecule has 0 atom stereocenters. The fraction of sp³-hybridized carbons (Fsp3) is 1.00. The Hall–Kier alpha value is 0.464. The van der Waals surface area contributed by atoms with E-state index < -0.39 is 0 Å². The summed E-state index contributed by atoms with van der Waals surface area (Å²) in [6.07, 6.45) is 3.49. The van der Waals surface area contributed by atoms with Crippen molar-refractivity contribution in [1.29, 1.82) is 0 Å². The molecule has 0 aliphatic carbocycles. The first-order valence-electron chi connectivity index (χ1n) is 4.74. The molecule has 1 heterocycles. The second kappa shape index (κ2) is 7.83. The summed E-state index contributed by atoms with van der Waals surface area (Å²) in [5, 5.41) is 8.55. The van der Waals surface area contributed by atoms with Gasteiger partial charge < -0.3 is 14.7 Å². The van der Waals surface area contributed by atoms with Crippen LogP contribution < -0.4 is 0 Å². The van der Waals surface area contributed by atoms with Gasteiger partial charge in [-0.3, -0.25) is 0 Å². The number of piperidine rings is 1. The van der Waals surface area contributed by atoms with Crippen LogP contribution in [0.1, 0.15) is 19.3 Å². The van der Waals surface area contributed by atoms with Crippen molar-refractivity contribution in [2.75, 3.05) is 33.4 Å². The van der Waals surface area contributed by atoms with E-state index in [-0.39, 0.29) is 25.2 Å². The number of hydrogen-bond acceptors (Lipinski definition) is 3. The molecule has 1 fully saturated rings. The van der Waals surface area contributed by atoms with Crippen LogP contribution in [0.3, 0.4) is 0 Å². The number of aliphatic hydroxyl groups is 1. The van der Waals surface area contributed by atoms with Gasteiger partial charge in [0.15, 0.2) is 0 Å². The van der Waals surface area contributed by atoms with E-state index in [1.54, 1.807) is 0 Å². The first-order valence-corrected chi connectivity index (χ1v) is 4.74. The molecular formula is C9H19NO2V. The van der Waals surface area contributed by atoms with Crippen LogP contribution in [0.4, 0.5) is 0 Å². The van der Waals surface area contributed by atoms with Crippen molar-refractivity contribution < 1.29 is 28.4 Å². The predicted molar refractivity (Wildman–Crippen MR) is 48.2 cm³/mol. The summed E-state index contributed by atoms with van der Waals surface area (Å²) in [6, 6.07) is 0. The van der Waals surface area contributed by atoms with Gasteiger partial charge in [0.1, 0.15) is 0 Å². The van der Waals surface area contributed by atoms with Crippen LogP contribution in [0.25, 0.3) is 0 Å². The number of rotatable bonds is 4. The van der Waals surface area contributed by atoms with Gasteiger partial charge in [-0.05, 0) is 26.3 Å². The zero-order valence-electron chi connectivity index (χ0n) is 8.28. The van der Waals surface area contributed by atoms with E-state index in [0.717, 1.165) is 32.4 Å². The average Bonchev–Trinajstić information content (AvgIpc) is 2.09. The second-order valence-electron chi connectivity index (χ2n) is 3.45. The van der Waals surface area contributed by atoms with E-state index in [0.29, 0.717) is 12.7 Å². The predicted octanol–water partition coefficient (Wildman–Crippen LogP) is 0.477. The van der Waals surface area contributed by atoms with E-state index in [9.17, 15) is 0 Å². The van der Waals surface area contributed by atoms with Gasteiger partial charge in [-0.1, -0.05) is 0 Å². The van der Waals surface area contributed by atoms with Gasteiger partial charge in [0, 0.05) is 44.9 Å². The van der Waals surface area contributed by atoms with Crippen LogP contribution in [0.2, 0.25) is 0 Å². The van der Waals surface area contributed by atoms with Gasteiger partial charge in [0.25, 0.3) is 0 Å². The van der Waals surface area contributed by atoms with Gasteiger partial charge >= 0.3 is 0 Å². The first kappa shape index (κ1) is 13.5. The molecule has 0 bridgehead atoms. The maximum atomic E-state index is 8.55. The van der Waals surface area contributed by atoms with Crippen LogP contribution in [0.5, 0.6) is 0 Å². The van der Waals surface area contributed by atoms with Crippen LogP contribution in [-0.4, -0.2) is 49.5 Å². The SMILES string of the molecule is CN1CCC(OCCCO)CC1.[V]. The second-order valence-corrected chi connectivity index (χ2v) is 3.45. The van der Waals surface area contributed by atoms with E-state index >= 15 is 0 Å². The van der Waals surface area contributed by atoms with Crippen LogP contribution in [0, 0.1) is 0 Å². The molecule has 1 rings (SSSR count). The number of nitrogens with zero attached hydrogens (tertiary/aromatic N) is 1. The number of ether oxygens (including phenoxy) is 1. The van der Waals surface area contributed by atoms with Crippen molar-refractivity contribution in [2.24, 2.45) is 0 Å². The molecule has 1 aliphatic rings. The van der Waals surface area contributed by atoms with Crippen LogP contribution in [0.15, 0.2) is 0 Å². The Morgan fingerprint density at radius 3 is 2.54 bits per heavy atom. The summed E-state index contributed by atoms with van der Waals surface area (Å²) >= 11 is 0. The molecule has 1 N–H and O–H groups in total. The normalized spacial score (nSPS) is 19.8. The summed E-state index contributed by atoms with van der Waals surface area (Å²) in [6.45, 7) is 3.24. The largest absolute Gasteiger partial charge is 0.396 e. The Morgan fingerprint density at radius 1 is 1.38 bits per heavy atom. The Bertz CT molecular complexity index is 116. The minimum absolute atomic E-state index is 0. The smallest absolute Gasteiger partial charge is 0.0599 e. The maximum absolute atomic E-state index is 8.55. The molecule has 0 unspecified atom stereocenters.